The van der Waals surface area contributed by atoms with E-state index in [4.69, 9.17) is 5.11 Å². The Morgan fingerprint density at radius 2 is 2.20 bits per heavy atom. The average Bonchev–Trinajstić information content (AvgIpc) is 2.92. The third kappa shape index (κ3) is 3.31. The number of nitrogens with zero attached hydrogens (tertiary/aromatic N) is 2. The maximum Gasteiger partial charge on any atom is 0.250 e. The van der Waals surface area contributed by atoms with E-state index in [2.05, 4.69) is 4.98 Å². The van der Waals surface area contributed by atoms with Gasteiger partial charge in [0.25, 0.3) is 5.91 Å². The van der Waals surface area contributed by atoms with Crippen LogP contribution in [0.2, 0.25) is 0 Å². The molecule has 0 unspecified atom stereocenters. The third-order valence-electron chi connectivity index (χ3n) is 2.91. The topological polar surface area (TPSA) is 53.4 Å². The lowest BCUT2D eigenvalue weighted by atomic mass is 10.2. The maximum absolute atomic E-state index is 12.1. The van der Waals surface area contributed by atoms with Crippen molar-refractivity contribution in [3.05, 3.63) is 52.0 Å². The van der Waals surface area contributed by atoms with E-state index in [1.165, 1.54) is 17.4 Å². The zero-order valence-electron chi connectivity index (χ0n) is 11.4. The summed E-state index contributed by atoms with van der Waals surface area (Å²) in [7, 11) is 1.75. The van der Waals surface area contributed by atoms with Gasteiger partial charge in [0.05, 0.1) is 12.3 Å². The Bertz CT molecular complexity index is 634. The zero-order chi connectivity index (χ0) is 14.5. The number of aromatic nitrogens is 1. The molecule has 5 heteroatoms. The molecule has 1 aromatic carbocycles. The highest BCUT2D eigenvalue weighted by atomic mass is 32.1. The van der Waals surface area contributed by atoms with Gasteiger partial charge in [-0.05, 0) is 24.6 Å². The molecule has 20 heavy (non-hydrogen) atoms. The van der Waals surface area contributed by atoms with E-state index < -0.39 is 0 Å². The average molecular weight is 288 g/mol. The van der Waals surface area contributed by atoms with Crippen molar-refractivity contribution < 1.29 is 9.90 Å². The Morgan fingerprint density at radius 1 is 1.45 bits per heavy atom. The van der Waals surface area contributed by atoms with Crippen LogP contribution >= 0.6 is 11.3 Å². The number of aliphatic hydroxyl groups is 1. The number of likely N-dealkylation sites (N-methyl/N-ethyl adjacent to an activating group) is 1. The Kier molecular flexibility index (Phi) is 4.65. The fourth-order valence-electron chi connectivity index (χ4n) is 1.78. The van der Waals surface area contributed by atoms with E-state index in [0.29, 0.717) is 10.7 Å². The molecule has 1 amide bonds. The van der Waals surface area contributed by atoms with E-state index >= 15 is 0 Å². The second-order valence-electron chi connectivity index (χ2n) is 4.35. The second kappa shape index (κ2) is 6.45. The lowest BCUT2D eigenvalue weighted by Crippen LogP contribution is -2.24. The van der Waals surface area contributed by atoms with Crippen molar-refractivity contribution in [3.8, 4) is 0 Å². The van der Waals surface area contributed by atoms with Crippen molar-refractivity contribution in [1.29, 1.82) is 0 Å². The molecule has 0 saturated heterocycles. The van der Waals surface area contributed by atoms with Crippen molar-refractivity contribution >= 4 is 29.0 Å². The normalized spacial score (nSPS) is 10.9. The number of carbonyl (C=O) groups excluding carboxylic acids is 1. The summed E-state index contributed by atoms with van der Waals surface area (Å²) < 4.78 is 0. The highest BCUT2D eigenvalue weighted by Crippen LogP contribution is 2.18. The molecule has 0 bridgehead atoms. The smallest absolute Gasteiger partial charge is 0.250 e. The number of aryl methyl sites for hydroxylation is 1. The summed E-state index contributed by atoms with van der Waals surface area (Å²) >= 11 is 1.40. The number of benzene rings is 1. The monoisotopic (exact) mass is 288 g/mol. The largest absolute Gasteiger partial charge is 0.390 e. The van der Waals surface area contributed by atoms with Crippen LogP contribution in [0, 0.1) is 6.92 Å². The van der Waals surface area contributed by atoms with Gasteiger partial charge in [0.15, 0.2) is 0 Å². The molecule has 0 aliphatic carbocycles. The van der Waals surface area contributed by atoms with Crippen LogP contribution in [0.3, 0.4) is 0 Å². The van der Waals surface area contributed by atoms with Crippen molar-refractivity contribution in [1.82, 2.24) is 4.98 Å². The molecule has 0 fully saturated rings. The van der Waals surface area contributed by atoms with Crippen LogP contribution in [0.5, 0.6) is 0 Å². The van der Waals surface area contributed by atoms with Crippen molar-refractivity contribution in [2.45, 2.75) is 13.5 Å². The summed E-state index contributed by atoms with van der Waals surface area (Å²) in [5.74, 6) is -0.111. The number of hydrogen-bond donors (Lipinski definition) is 1. The van der Waals surface area contributed by atoms with E-state index in [1.807, 2.05) is 31.2 Å². The Hall–Kier alpha value is -1.98. The van der Waals surface area contributed by atoms with Crippen LogP contribution in [0.4, 0.5) is 5.69 Å². The zero-order valence-corrected chi connectivity index (χ0v) is 12.2. The van der Waals surface area contributed by atoms with Crippen molar-refractivity contribution in [3.63, 3.8) is 0 Å². The van der Waals surface area contributed by atoms with E-state index in [9.17, 15) is 4.79 Å². The summed E-state index contributed by atoms with van der Waals surface area (Å²) in [5.41, 5.74) is 2.56. The van der Waals surface area contributed by atoms with E-state index in [1.54, 1.807) is 23.4 Å². The first-order valence-electron chi connectivity index (χ1n) is 6.18. The van der Waals surface area contributed by atoms with Gasteiger partial charge in [0.2, 0.25) is 0 Å². The molecule has 1 N–H and O–H groups in total. The minimum atomic E-state index is -0.111. The molecule has 4 nitrogen and oxygen atoms in total. The molecule has 1 heterocycles. The third-order valence-corrected chi connectivity index (χ3v) is 3.77. The minimum Gasteiger partial charge on any atom is -0.390 e. The van der Waals surface area contributed by atoms with Crippen molar-refractivity contribution in [2.24, 2.45) is 0 Å². The molecule has 0 saturated carbocycles. The van der Waals surface area contributed by atoms with Gasteiger partial charge in [-0.1, -0.05) is 18.2 Å². The lowest BCUT2D eigenvalue weighted by molar-refractivity contribution is -0.113. The molecule has 1 aromatic heterocycles. The molecule has 0 aliphatic heterocycles. The summed E-state index contributed by atoms with van der Waals surface area (Å²) in [5, 5.41) is 11.4. The van der Waals surface area contributed by atoms with Crippen LogP contribution in [0.15, 0.2) is 35.7 Å². The summed E-state index contributed by atoms with van der Waals surface area (Å²) in [4.78, 5) is 17.9. The highest BCUT2D eigenvalue weighted by molar-refractivity contribution is 7.10. The predicted octanol–water partition coefficient (Wildman–Crippen LogP) is 2.62. The first-order chi connectivity index (χ1) is 9.61. The summed E-state index contributed by atoms with van der Waals surface area (Å²) in [6.07, 6.45) is 3.16. The minimum absolute atomic E-state index is 0.0819. The lowest BCUT2D eigenvalue weighted by Gasteiger charge is -2.17. The number of hydrogen-bond acceptors (Lipinski definition) is 4. The number of para-hydroxylation sites is 1. The number of thiazole rings is 1. The van der Waals surface area contributed by atoms with Crippen LogP contribution in [-0.2, 0) is 11.4 Å². The van der Waals surface area contributed by atoms with E-state index in [0.717, 1.165) is 11.3 Å². The number of anilines is 1. The van der Waals surface area contributed by atoms with Crippen LogP contribution < -0.4 is 4.90 Å². The van der Waals surface area contributed by atoms with Gasteiger partial charge in [-0.15, -0.1) is 11.3 Å². The Balaban J connectivity index is 2.10. The fraction of sp³-hybridized carbons (Fsp3) is 0.200. The fourth-order valence-corrected chi connectivity index (χ4v) is 2.49. The van der Waals surface area contributed by atoms with Gasteiger partial charge >= 0.3 is 0 Å². The van der Waals surface area contributed by atoms with Gasteiger partial charge < -0.3 is 10.0 Å². The SMILES string of the molecule is Cc1ccccc1N(C)C(=O)C=Cc1nc(CO)cs1. The molecule has 2 rings (SSSR count). The second-order valence-corrected chi connectivity index (χ2v) is 5.24. The summed E-state index contributed by atoms with van der Waals surface area (Å²) in [6, 6.07) is 7.73. The molecule has 0 atom stereocenters. The first-order valence-corrected chi connectivity index (χ1v) is 7.06. The molecule has 0 spiro atoms. The quantitative estimate of drug-likeness (QED) is 0.880. The van der Waals surface area contributed by atoms with E-state index in [-0.39, 0.29) is 12.5 Å². The number of aliphatic hydroxyl groups excluding tert-OH is 1. The molecule has 2 aromatic rings. The molecular formula is C15H16N2O2S. The van der Waals surface area contributed by atoms with Crippen LogP contribution in [-0.4, -0.2) is 23.0 Å². The maximum atomic E-state index is 12.1. The highest BCUT2D eigenvalue weighted by Gasteiger charge is 2.09. The molecule has 0 aliphatic rings. The number of rotatable bonds is 4. The molecule has 104 valence electrons. The predicted molar refractivity (Wildman–Crippen MR) is 81.7 cm³/mol. The Labute approximate surface area is 122 Å². The standard InChI is InChI=1S/C15H16N2O2S/c1-11-5-3-4-6-13(11)17(2)15(19)8-7-14-16-12(9-18)10-20-14/h3-8,10,18H,9H2,1-2H3. The van der Waals surface area contributed by atoms with Gasteiger partial charge in [-0.25, -0.2) is 4.98 Å². The van der Waals surface area contributed by atoms with Gasteiger partial charge in [0.1, 0.15) is 5.01 Å². The Morgan fingerprint density at radius 3 is 2.85 bits per heavy atom. The van der Waals surface area contributed by atoms with Gasteiger partial charge in [-0.2, -0.15) is 0 Å². The summed E-state index contributed by atoms with van der Waals surface area (Å²) in [6.45, 7) is 1.89. The van der Waals surface area contributed by atoms with Gasteiger partial charge in [0, 0.05) is 24.2 Å². The number of carbonyl (C=O) groups is 1. The van der Waals surface area contributed by atoms with Crippen LogP contribution in [0.25, 0.3) is 6.08 Å². The first kappa shape index (κ1) is 14.4. The molecular weight excluding hydrogens is 272 g/mol. The van der Waals surface area contributed by atoms with Crippen molar-refractivity contribution in [2.75, 3.05) is 11.9 Å². The molecule has 0 radical (unpaired) electrons. The van der Waals surface area contributed by atoms with Gasteiger partial charge in [-0.3, -0.25) is 4.79 Å². The number of amides is 1. The van der Waals surface area contributed by atoms with Crippen LogP contribution in [0.1, 0.15) is 16.3 Å².